The zero-order valence-corrected chi connectivity index (χ0v) is 10.4. The number of aromatic nitrogens is 1. The number of thiazole rings is 1. The Morgan fingerprint density at radius 1 is 1.44 bits per heavy atom. The van der Waals surface area contributed by atoms with Crippen molar-refractivity contribution in [3.05, 3.63) is 34.2 Å². The summed E-state index contributed by atoms with van der Waals surface area (Å²) in [5, 5.41) is 12.3. The quantitative estimate of drug-likeness (QED) is 0.769. The Hall–Kier alpha value is -1.92. The van der Waals surface area contributed by atoms with Gasteiger partial charge in [0.25, 0.3) is 5.91 Å². The monoisotopic (exact) mass is 263 g/mol. The van der Waals surface area contributed by atoms with Crippen LogP contribution in [-0.2, 0) is 6.42 Å². The Balaban J connectivity index is 2.38. The number of aromatic hydroxyl groups is 1. The van der Waals surface area contributed by atoms with Crippen LogP contribution in [0.3, 0.4) is 0 Å². The fourth-order valence-electron chi connectivity index (χ4n) is 1.57. The lowest BCUT2D eigenvalue weighted by molar-refractivity contribution is 0.0998. The van der Waals surface area contributed by atoms with Crippen LogP contribution < -0.4 is 11.5 Å². The second-order valence-electron chi connectivity index (χ2n) is 3.76. The van der Waals surface area contributed by atoms with Gasteiger partial charge in [-0.1, -0.05) is 0 Å². The van der Waals surface area contributed by atoms with E-state index in [9.17, 15) is 9.90 Å². The number of rotatable bonds is 4. The second kappa shape index (κ2) is 5.16. The molecule has 1 aromatic carbocycles. The lowest BCUT2D eigenvalue weighted by Crippen LogP contribution is -2.11. The number of hydrogen-bond acceptors (Lipinski definition) is 5. The third-order valence-corrected chi connectivity index (χ3v) is 3.38. The molecule has 0 atom stereocenters. The van der Waals surface area contributed by atoms with Gasteiger partial charge in [-0.05, 0) is 24.7 Å². The number of primary amides is 1. The van der Waals surface area contributed by atoms with Crippen molar-refractivity contribution in [3.8, 4) is 17.0 Å². The Morgan fingerprint density at radius 2 is 2.22 bits per heavy atom. The minimum Gasteiger partial charge on any atom is -0.507 e. The summed E-state index contributed by atoms with van der Waals surface area (Å²) in [7, 11) is 0. The molecule has 6 heteroatoms. The van der Waals surface area contributed by atoms with Crippen LogP contribution in [-0.4, -0.2) is 22.5 Å². The average Bonchev–Trinajstić information content (AvgIpc) is 2.78. The number of nitrogens with zero attached hydrogens (tertiary/aromatic N) is 1. The van der Waals surface area contributed by atoms with Gasteiger partial charge < -0.3 is 16.6 Å². The molecule has 2 aromatic rings. The summed E-state index contributed by atoms with van der Waals surface area (Å²) in [5.41, 5.74) is 12.3. The predicted molar refractivity (Wildman–Crippen MR) is 70.5 cm³/mol. The van der Waals surface area contributed by atoms with Gasteiger partial charge in [0, 0.05) is 17.4 Å². The molecule has 94 valence electrons. The zero-order valence-electron chi connectivity index (χ0n) is 9.59. The molecule has 0 saturated carbocycles. The van der Waals surface area contributed by atoms with E-state index < -0.39 is 5.91 Å². The third kappa shape index (κ3) is 2.49. The zero-order chi connectivity index (χ0) is 13.1. The predicted octanol–water partition coefficient (Wildman–Crippen LogP) is 1.12. The van der Waals surface area contributed by atoms with Crippen molar-refractivity contribution in [2.75, 3.05) is 6.54 Å². The number of phenols is 1. The molecule has 0 aliphatic rings. The van der Waals surface area contributed by atoms with Crippen LogP contribution in [0.15, 0.2) is 23.6 Å². The fraction of sp³-hybridized carbons (Fsp3) is 0.167. The molecule has 0 unspecified atom stereocenters. The number of carbonyl (C=O) groups excluding carboxylic acids is 1. The van der Waals surface area contributed by atoms with E-state index in [0.29, 0.717) is 6.54 Å². The summed E-state index contributed by atoms with van der Waals surface area (Å²) in [4.78, 5) is 15.5. The highest BCUT2D eigenvalue weighted by Crippen LogP contribution is 2.26. The Labute approximate surface area is 108 Å². The van der Waals surface area contributed by atoms with E-state index >= 15 is 0 Å². The van der Waals surface area contributed by atoms with Crippen molar-refractivity contribution in [2.24, 2.45) is 11.5 Å². The number of benzene rings is 1. The molecule has 0 bridgehead atoms. The van der Waals surface area contributed by atoms with Gasteiger partial charge in [0.2, 0.25) is 0 Å². The molecule has 0 radical (unpaired) electrons. The Bertz CT molecular complexity index is 580. The van der Waals surface area contributed by atoms with Crippen LogP contribution in [0, 0.1) is 0 Å². The van der Waals surface area contributed by atoms with Gasteiger partial charge in [-0.2, -0.15) is 0 Å². The third-order valence-electron chi connectivity index (χ3n) is 2.47. The molecule has 0 spiro atoms. The van der Waals surface area contributed by atoms with E-state index in [0.717, 1.165) is 22.7 Å². The number of hydrogen-bond donors (Lipinski definition) is 3. The summed E-state index contributed by atoms with van der Waals surface area (Å²) in [6, 6.07) is 4.68. The lowest BCUT2D eigenvalue weighted by Gasteiger charge is -2.02. The first-order chi connectivity index (χ1) is 8.61. The number of amides is 1. The minimum atomic E-state index is -0.660. The highest BCUT2D eigenvalue weighted by atomic mass is 32.1. The van der Waals surface area contributed by atoms with Crippen molar-refractivity contribution >= 4 is 17.2 Å². The number of nitrogens with two attached hydrogens (primary N) is 2. The maximum absolute atomic E-state index is 11.1. The Morgan fingerprint density at radius 3 is 2.89 bits per heavy atom. The second-order valence-corrected chi connectivity index (χ2v) is 4.70. The largest absolute Gasteiger partial charge is 0.507 e. The van der Waals surface area contributed by atoms with Crippen LogP contribution >= 0.6 is 11.3 Å². The van der Waals surface area contributed by atoms with Gasteiger partial charge in [0.1, 0.15) is 5.75 Å². The van der Waals surface area contributed by atoms with Crippen LogP contribution in [0.25, 0.3) is 11.3 Å². The molecule has 5 N–H and O–H groups in total. The normalized spacial score (nSPS) is 10.5. The van der Waals surface area contributed by atoms with Crippen molar-refractivity contribution in [1.82, 2.24) is 4.98 Å². The maximum atomic E-state index is 11.1. The van der Waals surface area contributed by atoms with Crippen LogP contribution in [0.4, 0.5) is 0 Å². The molecule has 0 aliphatic carbocycles. The summed E-state index contributed by atoms with van der Waals surface area (Å²) < 4.78 is 0. The van der Waals surface area contributed by atoms with E-state index in [-0.39, 0.29) is 11.3 Å². The van der Waals surface area contributed by atoms with Gasteiger partial charge in [-0.3, -0.25) is 4.79 Å². The van der Waals surface area contributed by atoms with E-state index in [1.807, 2.05) is 5.38 Å². The molecule has 0 fully saturated rings. The molecule has 0 aliphatic heterocycles. The van der Waals surface area contributed by atoms with Crippen molar-refractivity contribution in [1.29, 1.82) is 0 Å². The number of carbonyl (C=O) groups is 1. The molecule has 0 saturated heterocycles. The minimum absolute atomic E-state index is 0.0980. The summed E-state index contributed by atoms with van der Waals surface area (Å²) in [5.74, 6) is -0.782. The fourth-order valence-corrected chi connectivity index (χ4v) is 2.40. The molecular formula is C12H13N3O2S. The van der Waals surface area contributed by atoms with Crippen molar-refractivity contribution < 1.29 is 9.90 Å². The molecule has 1 aromatic heterocycles. The van der Waals surface area contributed by atoms with Gasteiger partial charge in [-0.15, -0.1) is 11.3 Å². The molecule has 2 rings (SSSR count). The average molecular weight is 263 g/mol. The Kier molecular flexibility index (Phi) is 3.59. The lowest BCUT2D eigenvalue weighted by atomic mass is 10.1. The molecule has 1 heterocycles. The molecular weight excluding hydrogens is 250 g/mol. The van der Waals surface area contributed by atoms with Gasteiger partial charge >= 0.3 is 0 Å². The van der Waals surface area contributed by atoms with E-state index in [1.54, 1.807) is 12.1 Å². The first kappa shape index (κ1) is 12.5. The van der Waals surface area contributed by atoms with Crippen LogP contribution in [0.5, 0.6) is 5.75 Å². The van der Waals surface area contributed by atoms with Crippen LogP contribution in [0.2, 0.25) is 0 Å². The van der Waals surface area contributed by atoms with Gasteiger partial charge in [-0.25, -0.2) is 4.98 Å². The standard InChI is InChI=1S/C12H13N3O2S/c13-4-3-11-15-9(6-18-11)7-1-2-10(16)8(5-7)12(14)17/h1-2,5-6,16H,3-4,13H2,(H2,14,17). The molecule has 5 nitrogen and oxygen atoms in total. The van der Waals surface area contributed by atoms with Gasteiger partial charge in [0.15, 0.2) is 0 Å². The smallest absolute Gasteiger partial charge is 0.252 e. The first-order valence-corrected chi connectivity index (χ1v) is 6.27. The van der Waals surface area contributed by atoms with E-state index in [4.69, 9.17) is 11.5 Å². The summed E-state index contributed by atoms with van der Waals surface area (Å²) in [6.45, 7) is 0.551. The maximum Gasteiger partial charge on any atom is 0.252 e. The molecule has 1 amide bonds. The SMILES string of the molecule is NCCc1nc(-c2ccc(O)c(C(N)=O)c2)cs1. The topological polar surface area (TPSA) is 102 Å². The van der Waals surface area contributed by atoms with Crippen molar-refractivity contribution in [3.63, 3.8) is 0 Å². The molecule has 18 heavy (non-hydrogen) atoms. The first-order valence-electron chi connectivity index (χ1n) is 5.39. The highest BCUT2D eigenvalue weighted by Gasteiger charge is 2.11. The van der Waals surface area contributed by atoms with E-state index in [1.165, 1.54) is 17.4 Å². The van der Waals surface area contributed by atoms with E-state index in [2.05, 4.69) is 4.98 Å². The summed E-state index contributed by atoms with van der Waals surface area (Å²) >= 11 is 1.52. The van der Waals surface area contributed by atoms with Crippen LogP contribution in [0.1, 0.15) is 15.4 Å². The highest BCUT2D eigenvalue weighted by molar-refractivity contribution is 7.09. The summed E-state index contributed by atoms with van der Waals surface area (Å²) in [6.07, 6.45) is 0.728. The van der Waals surface area contributed by atoms with Crippen molar-refractivity contribution in [2.45, 2.75) is 6.42 Å². The van der Waals surface area contributed by atoms with Gasteiger partial charge in [0.05, 0.1) is 16.3 Å².